The van der Waals surface area contributed by atoms with Gasteiger partial charge in [-0.2, -0.15) is 0 Å². The van der Waals surface area contributed by atoms with Crippen LogP contribution in [0.25, 0.3) is 0 Å². The molecule has 120 valence electrons. The number of rotatable bonds is 5. The number of primary amides is 1. The Labute approximate surface area is 135 Å². The van der Waals surface area contributed by atoms with E-state index in [-0.39, 0.29) is 11.9 Å². The zero-order valence-corrected chi connectivity index (χ0v) is 13.1. The van der Waals surface area contributed by atoms with E-state index in [2.05, 4.69) is 24.8 Å². The molecule has 0 bridgehead atoms. The van der Waals surface area contributed by atoms with Crippen molar-refractivity contribution in [3.63, 3.8) is 0 Å². The largest absolute Gasteiger partial charge is 0.370 e. The molecule has 3 heterocycles. The second-order valence-corrected chi connectivity index (χ2v) is 5.71. The van der Waals surface area contributed by atoms with Crippen LogP contribution in [0, 0.1) is 6.92 Å². The van der Waals surface area contributed by atoms with Crippen LogP contribution in [0.3, 0.4) is 0 Å². The third kappa shape index (κ3) is 3.61. The predicted octanol–water partition coefficient (Wildman–Crippen LogP) is 1.33. The maximum atomic E-state index is 11.0. The SMILES string of the molecule is Cc1nc(CCC(N)=O)cc([C@@H]2CCCN2c2cnccn2)n1. The summed E-state index contributed by atoms with van der Waals surface area (Å²) in [5, 5.41) is 0. The summed E-state index contributed by atoms with van der Waals surface area (Å²) in [4.78, 5) is 30.8. The number of carbonyl (C=O) groups excluding carboxylic acids is 1. The van der Waals surface area contributed by atoms with Crippen LogP contribution < -0.4 is 10.6 Å². The van der Waals surface area contributed by atoms with Gasteiger partial charge in [-0.05, 0) is 32.3 Å². The summed E-state index contributed by atoms with van der Waals surface area (Å²) in [7, 11) is 0. The Morgan fingerprint density at radius 2 is 2.26 bits per heavy atom. The van der Waals surface area contributed by atoms with Crippen LogP contribution in [0.5, 0.6) is 0 Å². The minimum Gasteiger partial charge on any atom is -0.370 e. The lowest BCUT2D eigenvalue weighted by Crippen LogP contribution is -2.25. The molecule has 1 atom stereocenters. The topological polar surface area (TPSA) is 97.9 Å². The number of nitrogens with zero attached hydrogens (tertiary/aromatic N) is 5. The minimum atomic E-state index is -0.315. The maximum Gasteiger partial charge on any atom is 0.217 e. The van der Waals surface area contributed by atoms with E-state index in [4.69, 9.17) is 5.73 Å². The van der Waals surface area contributed by atoms with Crippen LogP contribution in [-0.2, 0) is 11.2 Å². The van der Waals surface area contributed by atoms with Gasteiger partial charge >= 0.3 is 0 Å². The van der Waals surface area contributed by atoms with Crippen LogP contribution in [0.4, 0.5) is 5.82 Å². The van der Waals surface area contributed by atoms with E-state index in [9.17, 15) is 4.79 Å². The van der Waals surface area contributed by atoms with Gasteiger partial charge in [-0.25, -0.2) is 15.0 Å². The highest BCUT2D eigenvalue weighted by molar-refractivity contribution is 5.73. The van der Waals surface area contributed by atoms with Crippen LogP contribution in [0.2, 0.25) is 0 Å². The van der Waals surface area contributed by atoms with E-state index >= 15 is 0 Å². The molecule has 7 nitrogen and oxygen atoms in total. The van der Waals surface area contributed by atoms with E-state index in [1.165, 1.54) is 0 Å². The van der Waals surface area contributed by atoms with Crippen molar-refractivity contribution in [1.29, 1.82) is 0 Å². The molecule has 23 heavy (non-hydrogen) atoms. The Bertz CT molecular complexity index is 690. The molecular weight excluding hydrogens is 292 g/mol. The van der Waals surface area contributed by atoms with E-state index in [1.54, 1.807) is 18.6 Å². The van der Waals surface area contributed by atoms with Crippen molar-refractivity contribution >= 4 is 11.7 Å². The smallest absolute Gasteiger partial charge is 0.217 e. The van der Waals surface area contributed by atoms with Crippen LogP contribution >= 0.6 is 0 Å². The first-order valence-corrected chi connectivity index (χ1v) is 7.79. The van der Waals surface area contributed by atoms with Crippen molar-refractivity contribution in [1.82, 2.24) is 19.9 Å². The van der Waals surface area contributed by atoms with Crippen LogP contribution in [-0.4, -0.2) is 32.4 Å². The number of aryl methyl sites for hydroxylation is 2. The molecular formula is C16H20N6O. The Balaban J connectivity index is 1.86. The summed E-state index contributed by atoms with van der Waals surface area (Å²) in [5.41, 5.74) is 7.06. The van der Waals surface area contributed by atoms with Crippen molar-refractivity contribution in [3.8, 4) is 0 Å². The highest BCUT2D eigenvalue weighted by Gasteiger charge is 2.28. The number of anilines is 1. The van der Waals surface area contributed by atoms with E-state index in [0.29, 0.717) is 18.7 Å². The third-order valence-electron chi connectivity index (χ3n) is 3.98. The first-order valence-electron chi connectivity index (χ1n) is 7.79. The molecule has 0 aromatic carbocycles. The molecule has 2 aromatic heterocycles. The number of hydrogen-bond donors (Lipinski definition) is 1. The number of hydrogen-bond acceptors (Lipinski definition) is 6. The minimum absolute atomic E-state index is 0.167. The molecule has 1 saturated heterocycles. The van der Waals surface area contributed by atoms with Crippen LogP contribution in [0.1, 0.15) is 42.5 Å². The molecule has 2 N–H and O–H groups in total. The van der Waals surface area contributed by atoms with Gasteiger partial charge in [0, 0.05) is 31.1 Å². The fourth-order valence-corrected chi connectivity index (χ4v) is 2.99. The molecule has 3 rings (SSSR count). The fraction of sp³-hybridized carbons (Fsp3) is 0.438. The van der Waals surface area contributed by atoms with Gasteiger partial charge in [0.1, 0.15) is 11.6 Å². The summed E-state index contributed by atoms with van der Waals surface area (Å²) >= 11 is 0. The van der Waals surface area contributed by atoms with Crippen molar-refractivity contribution in [2.24, 2.45) is 5.73 Å². The average Bonchev–Trinajstić information content (AvgIpc) is 3.03. The predicted molar refractivity (Wildman–Crippen MR) is 85.6 cm³/mol. The number of aromatic nitrogens is 4. The monoisotopic (exact) mass is 312 g/mol. The Morgan fingerprint density at radius 3 is 3.00 bits per heavy atom. The van der Waals surface area contributed by atoms with Gasteiger partial charge in [0.15, 0.2) is 0 Å². The molecule has 1 aliphatic rings. The van der Waals surface area contributed by atoms with Crippen molar-refractivity contribution in [2.75, 3.05) is 11.4 Å². The summed E-state index contributed by atoms with van der Waals surface area (Å²) < 4.78 is 0. The number of nitrogens with two attached hydrogens (primary N) is 1. The lowest BCUT2D eigenvalue weighted by molar-refractivity contribution is -0.118. The van der Waals surface area contributed by atoms with Gasteiger partial charge in [0.25, 0.3) is 0 Å². The van der Waals surface area contributed by atoms with Crippen molar-refractivity contribution in [2.45, 2.75) is 38.6 Å². The summed E-state index contributed by atoms with van der Waals surface area (Å²) in [6.07, 6.45) is 8.10. The molecule has 0 aliphatic carbocycles. The lowest BCUT2D eigenvalue weighted by Gasteiger charge is -2.25. The number of carbonyl (C=O) groups is 1. The van der Waals surface area contributed by atoms with Gasteiger partial charge < -0.3 is 10.6 Å². The second-order valence-electron chi connectivity index (χ2n) is 5.71. The summed E-state index contributed by atoms with van der Waals surface area (Å²) in [5.74, 6) is 1.27. The van der Waals surface area contributed by atoms with Gasteiger partial charge in [0.2, 0.25) is 5.91 Å². The molecule has 0 unspecified atom stereocenters. The van der Waals surface area contributed by atoms with E-state index in [1.807, 2.05) is 13.0 Å². The number of amides is 1. The van der Waals surface area contributed by atoms with Gasteiger partial charge in [0.05, 0.1) is 17.9 Å². The molecule has 0 radical (unpaired) electrons. The Hall–Kier alpha value is -2.57. The summed E-state index contributed by atoms with van der Waals surface area (Å²) in [6, 6.07) is 2.15. The molecule has 2 aromatic rings. The molecule has 1 fully saturated rings. The third-order valence-corrected chi connectivity index (χ3v) is 3.98. The normalized spacial score (nSPS) is 17.4. The van der Waals surface area contributed by atoms with Crippen molar-refractivity contribution in [3.05, 3.63) is 41.9 Å². The second kappa shape index (κ2) is 6.68. The Kier molecular flexibility index (Phi) is 4.45. The summed E-state index contributed by atoms with van der Waals surface area (Å²) in [6.45, 7) is 2.81. The van der Waals surface area contributed by atoms with Gasteiger partial charge in [-0.15, -0.1) is 0 Å². The van der Waals surface area contributed by atoms with Crippen molar-refractivity contribution < 1.29 is 4.79 Å². The molecule has 0 spiro atoms. The standard InChI is InChI=1S/C16H20N6O/c1-11-20-12(4-5-15(17)23)9-13(21-11)14-3-2-8-22(14)16-10-18-6-7-19-16/h6-7,9-10,14H,2-5,8H2,1H3,(H2,17,23)/t14-/m0/s1. The molecule has 0 saturated carbocycles. The zero-order valence-electron chi connectivity index (χ0n) is 13.1. The molecule has 1 amide bonds. The van der Waals surface area contributed by atoms with E-state index < -0.39 is 0 Å². The first-order chi connectivity index (χ1) is 11.1. The van der Waals surface area contributed by atoms with Crippen LogP contribution in [0.15, 0.2) is 24.7 Å². The zero-order chi connectivity index (χ0) is 16.2. The quantitative estimate of drug-likeness (QED) is 0.894. The lowest BCUT2D eigenvalue weighted by atomic mass is 10.1. The highest BCUT2D eigenvalue weighted by Crippen LogP contribution is 2.34. The molecule has 7 heteroatoms. The van der Waals surface area contributed by atoms with Gasteiger partial charge in [-0.3, -0.25) is 9.78 Å². The van der Waals surface area contributed by atoms with E-state index in [0.717, 1.165) is 36.6 Å². The highest BCUT2D eigenvalue weighted by atomic mass is 16.1. The first kappa shape index (κ1) is 15.3. The Morgan fingerprint density at radius 1 is 1.39 bits per heavy atom. The fourth-order valence-electron chi connectivity index (χ4n) is 2.99. The average molecular weight is 312 g/mol. The maximum absolute atomic E-state index is 11.0. The van der Waals surface area contributed by atoms with Gasteiger partial charge in [-0.1, -0.05) is 0 Å². The molecule has 1 aliphatic heterocycles.